The van der Waals surface area contributed by atoms with Crippen LogP contribution in [0.15, 0.2) is 168 Å². The Balaban J connectivity index is 1.59. The molecule has 7 rings (SSSR count). The lowest BCUT2D eigenvalue weighted by atomic mass is 9.79. The lowest BCUT2D eigenvalue weighted by molar-refractivity contribution is 0.569. The molecule has 0 unspecified atom stereocenters. The van der Waals surface area contributed by atoms with Crippen molar-refractivity contribution in [1.29, 1.82) is 0 Å². The van der Waals surface area contributed by atoms with E-state index in [0.717, 1.165) is 32.7 Å². The fourth-order valence-electron chi connectivity index (χ4n) is 7.38. The second-order valence-corrected chi connectivity index (χ2v) is 19.1. The molecule has 0 bridgehead atoms. The van der Waals surface area contributed by atoms with Crippen LogP contribution in [0.3, 0.4) is 0 Å². The molecule has 7 aromatic carbocycles. The molecule has 0 N–H and O–H groups in total. The van der Waals surface area contributed by atoms with E-state index in [1.54, 1.807) is 0 Å². The first-order chi connectivity index (χ1) is 26.6. The van der Waals surface area contributed by atoms with E-state index >= 15 is 0 Å². The van der Waals surface area contributed by atoms with E-state index in [0.29, 0.717) is 0 Å². The number of nitrogens with zero attached hydrogens (tertiary/aromatic N) is 1. The highest BCUT2D eigenvalue weighted by atomic mass is 79.9. The van der Waals surface area contributed by atoms with Crippen molar-refractivity contribution in [3.05, 3.63) is 185 Å². The van der Waals surface area contributed by atoms with E-state index in [9.17, 15) is 0 Å². The molecule has 56 heavy (non-hydrogen) atoms. The third kappa shape index (κ3) is 8.47. The van der Waals surface area contributed by atoms with Crippen molar-refractivity contribution in [3.8, 4) is 44.5 Å². The van der Waals surface area contributed by atoms with Gasteiger partial charge in [-0.1, -0.05) is 200 Å². The van der Waals surface area contributed by atoms with Crippen LogP contribution in [0, 0.1) is 0 Å². The largest absolute Gasteiger partial charge is 0.309 e. The molecule has 2 heteroatoms. The van der Waals surface area contributed by atoms with Gasteiger partial charge in [-0.05, 0) is 109 Å². The summed E-state index contributed by atoms with van der Waals surface area (Å²) >= 11 is 3.97. The highest BCUT2D eigenvalue weighted by molar-refractivity contribution is 9.10. The van der Waals surface area contributed by atoms with E-state index in [1.165, 1.54) is 50.1 Å². The quantitative estimate of drug-likeness (QED) is 0.155. The maximum absolute atomic E-state index is 3.97. The molecular formula is C54H54BrN. The summed E-state index contributed by atoms with van der Waals surface area (Å²) in [4.78, 5) is 2.50. The molecular weight excluding hydrogens is 743 g/mol. The standard InChI is InChI=1S/C54H54BrN/c1-52(2,3)43-28-41(29-44(33-43)53(4,5)6)40-26-19-27-47(30-40)56(48-35-45(54(7,8)9)34-46(55)36-48)51-49(38-22-15-11-16-23-38)31-42(37-20-13-10-14-21-37)32-50(51)39-24-17-12-18-25-39/h10-36H,1-9H3. The number of benzene rings is 7. The van der Waals surface area contributed by atoms with Crippen molar-refractivity contribution in [3.63, 3.8) is 0 Å². The van der Waals surface area contributed by atoms with Crippen molar-refractivity contribution in [2.45, 2.75) is 78.6 Å². The van der Waals surface area contributed by atoms with E-state index in [4.69, 9.17) is 0 Å². The van der Waals surface area contributed by atoms with E-state index in [1.807, 2.05) is 0 Å². The van der Waals surface area contributed by atoms with Gasteiger partial charge in [0.25, 0.3) is 0 Å². The lowest BCUT2D eigenvalue weighted by Crippen LogP contribution is -2.17. The smallest absolute Gasteiger partial charge is 0.0618 e. The lowest BCUT2D eigenvalue weighted by Gasteiger charge is -2.33. The summed E-state index contributed by atoms with van der Waals surface area (Å²) in [6.07, 6.45) is 0. The molecule has 0 amide bonds. The van der Waals surface area contributed by atoms with Crippen LogP contribution in [0.25, 0.3) is 44.5 Å². The molecule has 0 fully saturated rings. The van der Waals surface area contributed by atoms with Crippen LogP contribution in [0.1, 0.15) is 79.0 Å². The van der Waals surface area contributed by atoms with Gasteiger partial charge in [0.15, 0.2) is 0 Å². The molecule has 0 aromatic heterocycles. The second-order valence-electron chi connectivity index (χ2n) is 18.2. The highest BCUT2D eigenvalue weighted by Gasteiger charge is 2.27. The molecule has 0 aliphatic heterocycles. The minimum atomic E-state index is -0.0650. The Morgan fingerprint density at radius 2 is 0.768 bits per heavy atom. The molecule has 0 saturated heterocycles. The van der Waals surface area contributed by atoms with Crippen LogP contribution in [0.2, 0.25) is 0 Å². The zero-order valence-electron chi connectivity index (χ0n) is 34.4. The van der Waals surface area contributed by atoms with Gasteiger partial charge in [0.1, 0.15) is 0 Å². The first-order valence-corrected chi connectivity index (χ1v) is 20.6. The van der Waals surface area contributed by atoms with E-state index < -0.39 is 0 Å². The number of hydrogen-bond donors (Lipinski definition) is 0. The molecule has 0 heterocycles. The van der Waals surface area contributed by atoms with Crippen LogP contribution < -0.4 is 4.90 Å². The monoisotopic (exact) mass is 795 g/mol. The van der Waals surface area contributed by atoms with Crippen molar-refractivity contribution < 1.29 is 0 Å². The van der Waals surface area contributed by atoms with Gasteiger partial charge in [0.2, 0.25) is 0 Å². The third-order valence-corrected chi connectivity index (χ3v) is 11.2. The SMILES string of the molecule is CC(C)(C)c1cc(Br)cc(N(c2cccc(-c3cc(C(C)(C)C)cc(C(C)(C)C)c3)c2)c2c(-c3ccccc3)cc(-c3ccccc3)cc2-c2ccccc2)c1. The Morgan fingerprint density at radius 3 is 1.25 bits per heavy atom. The minimum Gasteiger partial charge on any atom is -0.309 e. The van der Waals surface area contributed by atoms with Crippen LogP contribution in [-0.2, 0) is 16.2 Å². The fraction of sp³-hybridized carbons (Fsp3) is 0.222. The molecule has 0 atom stereocenters. The average Bonchev–Trinajstić information content (AvgIpc) is 3.18. The topological polar surface area (TPSA) is 3.24 Å². The first-order valence-electron chi connectivity index (χ1n) is 19.8. The number of rotatable bonds is 7. The van der Waals surface area contributed by atoms with Gasteiger partial charge in [0.05, 0.1) is 5.69 Å². The summed E-state index contributed by atoms with van der Waals surface area (Å²) < 4.78 is 1.05. The Kier molecular flexibility index (Phi) is 10.7. The Morgan fingerprint density at radius 1 is 0.339 bits per heavy atom. The maximum Gasteiger partial charge on any atom is 0.0618 e. The van der Waals surface area contributed by atoms with Crippen molar-refractivity contribution in [2.24, 2.45) is 0 Å². The van der Waals surface area contributed by atoms with Crippen LogP contribution in [0.5, 0.6) is 0 Å². The predicted molar refractivity (Wildman–Crippen MR) is 247 cm³/mol. The zero-order chi connectivity index (χ0) is 39.8. The van der Waals surface area contributed by atoms with Crippen LogP contribution in [-0.4, -0.2) is 0 Å². The maximum atomic E-state index is 3.97. The average molecular weight is 797 g/mol. The van der Waals surface area contributed by atoms with Gasteiger partial charge in [-0.2, -0.15) is 0 Å². The first kappa shape index (κ1) is 39.1. The molecule has 7 aromatic rings. The summed E-state index contributed by atoms with van der Waals surface area (Å²) in [6.45, 7) is 20.7. The summed E-state index contributed by atoms with van der Waals surface area (Å²) in [5, 5.41) is 0. The van der Waals surface area contributed by atoms with Gasteiger partial charge in [-0.25, -0.2) is 0 Å². The fourth-order valence-corrected chi connectivity index (χ4v) is 7.86. The summed E-state index contributed by atoms with van der Waals surface area (Å²) in [7, 11) is 0. The van der Waals surface area contributed by atoms with Crippen LogP contribution >= 0.6 is 15.9 Å². The molecule has 282 valence electrons. The third-order valence-electron chi connectivity index (χ3n) is 10.7. The number of anilines is 3. The summed E-state index contributed by atoms with van der Waals surface area (Å²) in [6, 6.07) is 60.5. The molecule has 0 aliphatic carbocycles. The minimum absolute atomic E-state index is 0.00893. The normalized spacial score (nSPS) is 12.1. The summed E-state index contributed by atoms with van der Waals surface area (Å²) in [5.41, 5.74) is 16.7. The number of hydrogen-bond acceptors (Lipinski definition) is 1. The van der Waals surface area contributed by atoms with E-state index in [-0.39, 0.29) is 16.2 Å². The van der Waals surface area contributed by atoms with E-state index in [2.05, 4.69) is 247 Å². The molecule has 1 nitrogen and oxygen atoms in total. The van der Waals surface area contributed by atoms with Gasteiger partial charge < -0.3 is 4.90 Å². The molecule has 0 spiro atoms. The Hall–Kier alpha value is -5.18. The molecule has 0 saturated carbocycles. The van der Waals surface area contributed by atoms with Crippen LogP contribution in [0.4, 0.5) is 17.1 Å². The molecule has 0 aliphatic rings. The predicted octanol–water partition coefficient (Wildman–Crippen LogP) is 16.5. The van der Waals surface area contributed by atoms with Gasteiger partial charge in [-0.15, -0.1) is 0 Å². The van der Waals surface area contributed by atoms with Gasteiger partial charge >= 0.3 is 0 Å². The molecule has 0 radical (unpaired) electrons. The zero-order valence-corrected chi connectivity index (χ0v) is 36.0. The van der Waals surface area contributed by atoms with Crippen molar-refractivity contribution in [1.82, 2.24) is 0 Å². The van der Waals surface area contributed by atoms with Gasteiger partial charge in [0, 0.05) is 27.0 Å². The highest BCUT2D eigenvalue weighted by Crippen LogP contribution is 2.50. The Labute approximate surface area is 344 Å². The number of halogens is 1. The van der Waals surface area contributed by atoms with Crippen molar-refractivity contribution >= 4 is 33.0 Å². The Bertz CT molecular complexity index is 2370. The summed E-state index contributed by atoms with van der Waals surface area (Å²) in [5.74, 6) is 0. The van der Waals surface area contributed by atoms with Crippen molar-refractivity contribution in [2.75, 3.05) is 4.90 Å². The van der Waals surface area contributed by atoms with Gasteiger partial charge in [-0.3, -0.25) is 0 Å². The second kappa shape index (κ2) is 15.4.